The molecule has 1 aromatic carbocycles. The summed E-state index contributed by atoms with van der Waals surface area (Å²) in [5.74, 6) is -0.0851. The van der Waals surface area contributed by atoms with Crippen molar-refractivity contribution in [3.8, 4) is 5.75 Å². The second-order valence-electron chi connectivity index (χ2n) is 3.24. The summed E-state index contributed by atoms with van der Waals surface area (Å²) in [7, 11) is 1.56. The topological polar surface area (TPSA) is 75.7 Å². The molecular formula is C10H14ClNO3. The number of aliphatic hydroxyl groups excluding tert-OH is 1. The lowest BCUT2D eigenvalue weighted by Gasteiger charge is -2.13. The van der Waals surface area contributed by atoms with Gasteiger partial charge in [-0.3, -0.25) is 0 Å². The van der Waals surface area contributed by atoms with Gasteiger partial charge >= 0.3 is 0 Å². The predicted molar refractivity (Wildman–Crippen MR) is 57.8 cm³/mol. The van der Waals surface area contributed by atoms with Gasteiger partial charge in [0.1, 0.15) is 5.75 Å². The molecule has 0 fully saturated rings. The third-order valence-corrected chi connectivity index (χ3v) is 2.35. The van der Waals surface area contributed by atoms with Crippen LogP contribution in [0.15, 0.2) is 12.1 Å². The van der Waals surface area contributed by atoms with Crippen molar-refractivity contribution in [2.45, 2.75) is 12.6 Å². The van der Waals surface area contributed by atoms with Crippen LogP contribution in [0.4, 0.5) is 0 Å². The Hall–Kier alpha value is -0.810. The first-order valence-electron chi connectivity index (χ1n) is 4.46. The Bertz CT molecular complexity index is 344. The number of methoxy groups -OCH3 is 1. The van der Waals surface area contributed by atoms with Crippen molar-refractivity contribution in [1.82, 2.24) is 0 Å². The van der Waals surface area contributed by atoms with Gasteiger partial charge < -0.3 is 20.7 Å². The van der Waals surface area contributed by atoms with Gasteiger partial charge in [0.2, 0.25) is 0 Å². The second-order valence-corrected chi connectivity index (χ2v) is 3.64. The number of hydrogen-bond donors (Lipinski definition) is 3. The lowest BCUT2D eigenvalue weighted by Crippen LogP contribution is -2.15. The summed E-state index contributed by atoms with van der Waals surface area (Å²) in [5, 5.41) is 18.8. The fourth-order valence-corrected chi connectivity index (χ4v) is 1.56. The number of phenols is 1. The Balaban J connectivity index is 3.12. The molecule has 0 aliphatic heterocycles. The quantitative estimate of drug-likeness (QED) is 0.728. The molecule has 0 aliphatic carbocycles. The normalized spacial score (nSPS) is 12.8. The second kappa shape index (κ2) is 5.32. The monoisotopic (exact) mass is 231 g/mol. The SMILES string of the molecule is COCc1cc(Cl)c(O)c(C(N)CO)c1. The Morgan fingerprint density at radius 2 is 2.20 bits per heavy atom. The number of nitrogens with two attached hydrogens (primary N) is 1. The number of hydrogen-bond acceptors (Lipinski definition) is 4. The standard InChI is InChI=1S/C10H14ClNO3/c1-15-5-6-2-7(9(12)4-13)10(14)8(11)3-6/h2-3,9,13-14H,4-5,12H2,1H3. The first kappa shape index (κ1) is 12.3. The van der Waals surface area contributed by atoms with Crippen molar-refractivity contribution in [1.29, 1.82) is 0 Å². The van der Waals surface area contributed by atoms with Gasteiger partial charge in [0.25, 0.3) is 0 Å². The molecular weight excluding hydrogens is 218 g/mol. The van der Waals surface area contributed by atoms with Crippen molar-refractivity contribution in [3.63, 3.8) is 0 Å². The van der Waals surface area contributed by atoms with Gasteiger partial charge in [-0.15, -0.1) is 0 Å². The van der Waals surface area contributed by atoms with Gasteiger partial charge in [0, 0.05) is 12.7 Å². The van der Waals surface area contributed by atoms with Crippen molar-refractivity contribution in [2.75, 3.05) is 13.7 Å². The van der Waals surface area contributed by atoms with Crippen LogP contribution in [0, 0.1) is 0 Å². The average molecular weight is 232 g/mol. The third kappa shape index (κ3) is 2.82. The Morgan fingerprint density at radius 1 is 1.53 bits per heavy atom. The number of aliphatic hydroxyl groups is 1. The predicted octanol–water partition coefficient (Wildman–Crippen LogP) is 1.18. The Kier molecular flexibility index (Phi) is 4.35. The summed E-state index contributed by atoms with van der Waals surface area (Å²) in [6, 6.07) is 2.64. The molecule has 0 aliphatic rings. The fourth-order valence-electron chi connectivity index (χ4n) is 1.31. The van der Waals surface area contributed by atoms with Crippen LogP contribution in [0.3, 0.4) is 0 Å². The fraction of sp³-hybridized carbons (Fsp3) is 0.400. The molecule has 15 heavy (non-hydrogen) atoms. The molecule has 1 rings (SSSR count). The van der Waals surface area contributed by atoms with E-state index in [4.69, 9.17) is 27.2 Å². The van der Waals surface area contributed by atoms with E-state index in [1.54, 1.807) is 19.2 Å². The molecule has 0 heterocycles. The lowest BCUT2D eigenvalue weighted by atomic mass is 10.0. The molecule has 5 heteroatoms. The minimum absolute atomic E-state index is 0.0851. The van der Waals surface area contributed by atoms with Crippen LogP contribution < -0.4 is 5.73 Å². The van der Waals surface area contributed by atoms with E-state index in [1.807, 2.05) is 0 Å². The number of phenolic OH excluding ortho intramolecular Hbond substituents is 1. The summed E-state index contributed by atoms with van der Waals surface area (Å²) >= 11 is 5.81. The average Bonchev–Trinajstić information content (AvgIpc) is 2.22. The van der Waals surface area contributed by atoms with E-state index in [1.165, 1.54) is 0 Å². The molecule has 0 amide bonds. The molecule has 4 nitrogen and oxygen atoms in total. The smallest absolute Gasteiger partial charge is 0.139 e. The summed E-state index contributed by atoms with van der Waals surface area (Å²) in [4.78, 5) is 0. The highest BCUT2D eigenvalue weighted by Crippen LogP contribution is 2.32. The number of rotatable bonds is 4. The van der Waals surface area contributed by atoms with Crippen LogP contribution in [0.5, 0.6) is 5.75 Å². The van der Waals surface area contributed by atoms with Crippen LogP contribution in [0.25, 0.3) is 0 Å². The first-order chi connectivity index (χ1) is 7.10. The van der Waals surface area contributed by atoms with Crippen molar-refractivity contribution in [2.24, 2.45) is 5.73 Å². The van der Waals surface area contributed by atoms with Crippen molar-refractivity contribution in [3.05, 3.63) is 28.3 Å². The van der Waals surface area contributed by atoms with Crippen LogP contribution in [0.1, 0.15) is 17.2 Å². The van der Waals surface area contributed by atoms with Crippen LogP contribution in [-0.2, 0) is 11.3 Å². The summed E-state index contributed by atoms with van der Waals surface area (Å²) in [6.07, 6.45) is 0. The van der Waals surface area contributed by atoms with Gasteiger partial charge in [0.15, 0.2) is 0 Å². The van der Waals surface area contributed by atoms with E-state index in [0.29, 0.717) is 12.2 Å². The van der Waals surface area contributed by atoms with E-state index in [2.05, 4.69) is 0 Å². The first-order valence-corrected chi connectivity index (χ1v) is 4.84. The largest absolute Gasteiger partial charge is 0.506 e. The molecule has 4 N–H and O–H groups in total. The Morgan fingerprint density at radius 3 is 2.73 bits per heavy atom. The summed E-state index contributed by atoms with van der Waals surface area (Å²) < 4.78 is 4.95. The van der Waals surface area contributed by atoms with Crippen molar-refractivity contribution >= 4 is 11.6 Å². The van der Waals surface area contributed by atoms with E-state index < -0.39 is 6.04 Å². The number of benzene rings is 1. The lowest BCUT2D eigenvalue weighted by molar-refractivity contribution is 0.184. The van der Waals surface area contributed by atoms with Crippen molar-refractivity contribution < 1.29 is 14.9 Å². The van der Waals surface area contributed by atoms with E-state index in [9.17, 15) is 5.11 Å². The van der Waals surface area contributed by atoms with Crippen LogP contribution in [0.2, 0.25) is 5.02 Å². The number of ether oxygens (including phenoxy) is 1. The highest BCUT2D eigenvalue weighted by Gasteiger charge is 2.14. The molecule has 84 valence electrons. The molecule has 0 radical (unpaired) electrons. The van der Waals surface area contributed by atoms with E-state index in [0.717, 1.165) is 5.56 Å². The minimum atomic E-state index is -0.640. The van der Waals surface area contributed by atoms with Gasteiger partial charge in [-0.05, 0) is 17.7 Å². The zero-order valence-electron chi connectivity index (χ0n) is 8.40. The van der Waals surface area contributed by atoms with Gasteiger partial charge in [-0.25, -0.2) is 0 Å². The molecule has 0 bridgehead atoms. The minimum Gasteiger partial charge on any atom is -0.506 e. The highest BCUT2D eigenvalue weighted by molar-refractivity contribution is 6.32. The van der Waals surface area contributed by atoms with E-state index >= 15 is 0 Å². The van der Waals surface area contributed by atoms with E-state index in [-0.39, 0.29) is 17.4 Å². The molecule has 1 atom stereocenters. The maximum atomic E-state index is 9.63. The Labute approximate surface area is 93.2 Å². The molecule has 1 aromatic rings. The summed E-state index contributed by atoms with van der Waals surface area (Å²) in [6.45, 7) is 0.130. The highest BCUT2D eigenvalue weighted by atomic mass is 35.5. The maximum absolute atomic E-state index is 9.63. The summed E-state index contributed by atoms with van der Waals surface area (Å²) in [5.41, 5.74) is 6.85. The van der Waals surface area contributed by atoms with Gasteiger partial charge in [-0.1, -0.05) is 11.6 Å². The van der Waals surface area contributed by atoms with Crippen LogP contribution in [-0.4, -0.2) is 23.9 Å². The molecule has 0 saturated heterocycles. The molecule has 0 spiro atoms. The van der Waals surface area contributed by atoms with Gasteiger partial charge in [0.05, 0.1) is 24.3 Å². The number of aromatic hydroxyl groups is 1. The maximum Gasteiger partial charge on any atom is 0.139 e. The molecule has 0 aromatic heterocycles. The molecule has 0 saturated carbocycles. The zero-order chi connectivity index (χ0) is 11.4. The zero-order valence-corrected chi connectivity index (χ0v) is 9.16. The van der Waals surface area contributed by atoms with Gasteiger partial charge in [-0.2, -0.15) is 0 Å². The number of halogens is 1. The van der Waals surface area contributed by atoms with Crippen LogP contribution >= 0.6 is 11.6 Å². The third-order valence-electron chi connectivity index (χ3n) is 2.06. The molecule has 1 unspecified atom stereocenters.